The third kappa shape index (κ3) is 14.6. The van der Waals surface area contributed by atoms with Crippen molar-refractivity contribution in [1.82, 2.24) is 19.4 Å². The Morgan fingerprint density at radius 3 is 1.55 bits per heavy atom. The van der Waals surface area contributed by atoms with Gasteiger partial charge in [0.1, 0.15) is 17.3 Å². The average molecular weight is 731 g/mol. The lowest BCUT2D eigenvalue weighted by molar-refractivity contribution is 0.597. The number of pyridine rings is 2. The van der Waals surface area contributed by atoms with Gasteiger partial charge in [0.25, 0.3) is 0 Å². The lowest BCUT2D eigenvalue weighted by Crippen LogP contribution is -2.36. The summed E-state index contributed by atoms with van der Waals surface area (Å²) >= 11 is 6.71. The highest BCUT2D eigenvalue weighted by molar-refractivity contribution is 9.10. The lowest BCUT2D eigenvalue weighted by Gasteiger charge is -2.23. The van der Waals surface area contributed by atoms with Crippen LogP contribution in [0.4, 0.5) is 0 Å². The highest BCUT2D eigenvalue weighted by Gasteiger charge is 2.25. The highest BCUT2D eigenvalue weighted by Crippen LogP contribution is 2.21. The normalized spacial score (nSPS) is 14.8. The molecule has 0 saturated heterocycles. The Bertz CT molecular complexity index is 1270. The van der Waals surface area contributed by atoms with Gasteiger partial charge in [-0.1, -0.05) is 31.8 Å². The maximum absolute atomic E-state index is 12.4. The second-order valence-corrected chi connectivity index (χ2v) is 22.4. The second kappa shape index (κ2) is 16.5. The summed E-state index contributed by atoms with van der Waals surface area (Å²) in [4.78, 5) is 8.84. The molecule has 0 aliphatic carbocycles. The largest absolute Gasteiger partial charge is 0.244 e. The van der Waals surface area contributed by atoms with Crippen LogP contribution in [0.1, 0.15) is 77.9 Å². The molecule has 40 heavy (non-hydrogen) atoms. The first-order valence-corrected chi connectivity index (χ1v) is 20.3. The molecule has 2 heterocycles. The monoisotopic (exact) mass is 728 g/mol. The molecule has 0 aliphatic rings. The van der Waals surface area contributed by atoms with Gasteiger partial charge >= 0.3 is 0 Å². The maximum Gasteiger partial charge on any atom is 0.129 e. The summed E-state index contributed by atoms with van der Waals surface area (Å²) in [6.07, 6.45) is 6.42. The summed E-state index contributed by atoms with van der Waals surface area (Å²) in [6.45, 7) is 18.2. The van der Waals surface area contributed by atoms with Crippen LogP contribution in [-0.2, 0) is 22.0 Å². The van der Waals surface area contributed by atoms with Gasteiger partial charge in [-0.25, -0.2) is 27.8 Å². The van der Waals surface area contributed by atoms with Crippen LogP contribution in [0.2, 0.25) is 19.6 Å². The Kier molecular flexibility index (Phi) is 15.2. The van der Waals surface area contributed by atoms with Gasteiger partial charge in [-0.05, 0) is 97.7 Å². The van der Waals surface area contributed by atoms with Crippen LogP contribution in [0.5, 0.6) is 0 Å². The van der Waals surface area contributed by atoms with Crippen LogP contribution in [0.25, 0.3) is 0 Å². The van der Waals surface area contributed by atoms with Crippen molar-refractivity contribution in [2.45, 2.75) is 95.6 Å². The minimum Gasteiger partial charge on any atom is -0.244 e. The van der Waals surface area contributed by atoms with Crippen LogP contribution in [0, 0.1) is 23.8 Å². The van der Waals surface area contributed by atoms with Crippen LogP contribution in [0.15, 0.2) is 45.6 Å². The summed E-state index contributed by atoms with van der Waals surface area (Å²) in [5.74, 6) is 5.85. The van der Waals surface area contributed by atoms with E-state index in [4.69, 9.17) is 6.42 Å². The molecule has 0 radical (unpaired) electrons. The standard InChI is InChI=1S/C16H25BrN2OSSi.C13H17BrN2OS/c1-16(2,3)21(20)19-14(10-8-12-22(4,5)6)13-9-7-11-15(17)18-13;1-5-7-11(16-18(17)13(2,3)4)10-8-6-9-12(14)15-10/h7,9,11,14,19H,10H2,1-6H3;1,6,8-9,11,16H,7H2,2-4H3/t14-,21-;11-,18-/m00/s1. The van der Waals surface area contributed by atoms with E-state index < -0.39 is 30.0 Å². The van der Waals surface area contributed by atoms with Gasteiger partial charge in [0.2, 0.25) is 0 Å². The number of rotatable bonds is 8. The summed E-state index contributed by atoms with van der Waals surface area (Å²) in [6, 6.07) is 11.0. The average Bonchev–Trinajstić information content (AvgIpc) is 2.81. The number of nitrogens with zero attached hydrogens (tertiary/aromatic N) is 2. The molecule has 0 spiro atoms. The van der Waals surface area contributed by atoms with E-state index in [9.17, 15) is 8.42 Å². The molecule has 6 nitrogen and oxygen atoms in total. The van der Waals surface area contributed by atoms with Gasteiger partial charge in [-0.2, -0.15) is 0 Å². The van der Waals surface area contributed by atoms with E-state index in [0.717, 1.165) is 20.6 Å². The summed E-state index contributed by atoms with van der Waals surface area (Å²) in [5, 5.41) is 0. The van der Waals surface area contributed by atoms with Crippen LogP contribution < -0.4 is 9.44 Å². The molecule has 11 heteroatoms. The number of hydrogen-bond acceptors (Lipinski definition) is 4. The predicted molar refractivity (Wildman–Crippen MR) is 181 cm³/mol. The van der Waals surface area contributed by atoms with Crippen LogP contribution in [0.3, 0.4) is 0 Å². The van der Waals surface area contributed by atoms with Crippen molar-refractivity contribution in [3.63, 3.8) is 0 Å². The first kappa shape index (κ1) is 36.8. The van der Waals surface area contributed by atoms with E-state index in [1.807, 2.05) is 77.9 Å². The lowest BCUT2D eigenvalue weighted by atomic mass is 10.1. The molecule has 2 aromatic rings. The molecule has 220 valence electrons. The predicted octanol–water partition coefficient (Wildman–Crippen LogP) is 7.17. The van der Waals surface area contributed by atoms with Crippen molar-refractivity contribution >= 4 is 61.9 Å². The van der Waals surface area contributed by atoms with Crippen LogP contribution in [-0.4, -0.2) is 36.0 Å². The van der Waals surface area contributed by atoms with Crippen molar-refractivity contribution in [1.29, 1.82) is 0 Å². The van der Waals surface area contributed by atoms with E-state index in [2.05, 4.69) is 88.3 Å². The third-order valence-corrected chi connectivity index (χ3v) is 9.92. The van der Waals surface area contributed by atoms with Gasteiger partial charge in [-0.3, -0.25) is 0 Å². The minimum absolute atomic E-state index is 0.138. The third-order valence-electron chi connectivity index (χ3n) is 4.89. The number of nitrogens with one attached hydrogen (secondary N) is 2. The van der Waals surface area contributed by atoms with Crippen molar-refractivity contribution in [2.24, 2.45) is 0 Å². The zero-order valence-electron chi connectivity index (χ0n) is 24.9. The van der Waals surface area contributed by atoms with Crippen molar-refractivity contribution in [3.05, 3.63) is 57.0 Å². The molecule has 2 aromatic heterocycles. The van der Waals surface area contributed by atoms with E-state index >= 15 is 0 Å². The van der Waals surface area contributed by atoms with Crippen LogP contribution >= 0.6 is 31.9 Å². The van der Waals surface area contributed by atoms with Gasteiger partial charge in [0.15, 0.2) is 0 Å². The fourth-order valence-electron chi connectivity index (χ4n) is 2.80. The van der Waals surface area contributed by atoms with Crippen molar-refractivity contribution < 1.29 is 8.42 Å². The topological polar surface area (TPSA) is 84.0 Å². The van der Waals surface area contributed by atoms with Crippen molar-refractivity contribution in [2.75, 3.05) is 0 Å². The van der Waals surface area contributed by atoms with Crippen molar-refractivity contribution in [3.8, 4) is 23.8 Å². The minimum atomic E-state index is -1.41. The molecule has 2 rings (SSSR count). The summed E-state index contributed by atoms with van der Waals surface area (Å²) in [5.41, 5.74) is 5.01. The fraction of sp³-hybridized carbons (Fsp3) is 0.517. The first-order chi connectivity index (χ1) is 18.3. The molecule has 0 bridgehead atoms. The Hall–Kier alpha value is -1.18. The van der Waals surface area contributed by atoms with Gasteiger partial charge in [-0.15, -0.1) is 23.8 Å². The molecule has 2 N–H and O–H groups in total. The number of hydrogen-bond donors (Lipinski definition) is 2. The zero-order chi connectivity index (χ0) is 30.7. The molecular formula is C29H42Br2N4O2S2Si. The molecule has 0 aromatic carbocycles. The highest BCUT2D eigenvalue weighted by atomic mass is 79.9. The van der Waals surface area contributed by atoms with E-state index in [-0.39, 0.29) is 21.6 Å². The molecule has 0 saturated carbocycles. The first-order valence-electron chi connectivity index (χ1n) is 12.9. The molecule has 0 unspecified atom stereocenters. The second-order valence-electron chi connectivity index (χ2n) is 12.0. The van der Waals surface area contributed by atoms with E-state index in [0.29, 0.717) is 12.8 Å². The maximum atomic E-state index is 12.4. The van der Waals surface area contributed by atoms with Gasteiger partial charge in [0, 0.05) is 12.8 Å². The quantitative estimate of drug-likeness (QED) is 0.172. The smallest absolute Gasteiger partial charge is 0.129 e. The summed E-state index contributed by atoms with van der Waals surface area (Å²) in [7, 11) is -3.74. The number of aromatic nitrogens is 2. The number of halogens is 2. The molecule has 0 aliphatic heterocycles. The number of terminal acetylenes is 1. The Morgan fingerprint density at radius 2 is 1.23 bits per heavy atom. The zero-order valence-corrected chi connectivity index (χ0v) is 30.7. The Morgan fingerprint density at radius 1 is 0.825 bits per heavy atom. The van der Waals surface area contributed by atoms with Gasteiger partial charge < -0.3 is 0 Å². The fourth-order valence-corrected chi connectivity index (χ4v) is 5.78. The van der Waals surface area contributed by atoms with E-state index in [1.54, 1.807) is 0 Å². The Labute approximate surface area is 264 Å². The molecular weight excluding hydrogens is 688 g/mol. The van der Waals surface area contributed by atoms with Gasteiger partial charge in [0.05, 0.1) is 54.9 Å². The molecule has 0 fully saturated rings. The van der Waals surface area contributed by atoms with E-state index in [1.165, 1.54) is 0 Å². The summed E-state index contributed by atoms with van der Waals surface area (Å²) < 4.78 is 31.6. The SMILES string of the molecule is C#CC[C@H](N[S@@](=O)C(C)(C)C)c1cccc(Br)n1.CC(C)(C)[S@](=O)N[C@@H](CC#C[Si](C)(C)C)c1cccc(Br)n1. The Balaban J connectivity index is 0.000000408. The molecule has 4 atom stereocenters. The molecule has 0 amide bonds.